The Bertz CT molecular complexity index is 1210. The van der Waals surface area contributed by atoms with Crippen molar-refractivity contribution in [1.29, 1.82) is 0 Å². The van der Waals surface area contributed by atoms with Crippen LogP contribution in [0.2, 0.25) is 0 Å². The molecule has 0 radical (unpaired) electrons. The number of aromatic amines is 1. The average molecular weight is 443 g/mol. The molecule has 1 aromatic heterocycles. The Morgan fingerprint density at radius 3 is 2.76 bits per heavy atom. The van der Waals surface area contributed by atoms with Crippen molar-refractivity contribution in [2.24, 2.45) is 10.9 Å². The first-order chi connectivity index (χ1) is 16.0. The molecule has 1 aromatic carbocycles. The molecule has 2 bridgehead atoms. The Labute approximate surface area is 194 Å². The van der Waals surface area contributed by atoms with Crippen LogP contribution in [-0.4, -0.2) is 23.8 Å². The third kappa shape index (κ3) is 4.54. The van der Waals surface area contributed by atoms with Crippen molar-refractivity contribution < 1.29 is 9.53 Å². The summed E-state index contributed by atoms with van der Waals surface area (Å²) in [5, 5.41) is 0. The first kappa shape index (κ1) is 22.7. The van der Waals surface area contributed by atoms with Crippen LogP contribution < -0.4 is 5.56 Å². The highest BCUT2D eigenvalue weighted by atomic mass is 16.5. The number of pyridine rings is 1. The molecule has 0 amide bonds. The molecule has 2 aliphatic carbocycles. The number of carbonyl (C=O) groups is 1. The van der Waals surface area contributed by atoms with Crippen LogP contribution in [0.25, 0.3) is 6.08 Å². The summed E-state index contributed by atoms with van der Waals surface area (Å²) in [4.78, 5) is 32.0. The third-order valence-electron chi connectivity index (χ3n) is 6.33. The predicted molar refractivity (Wildman–Crippen MR) is 133 cm³/mol. The zero-order valence-corrected chi connectivity index (χ0v) is 19.4. The van der Waals surface area contributed by atoms with Gasteiger partial charge in [0.1, 0.15) is 5.54 Å². The maximum atomic E-state index is 12.0. The van der Waals surface area contributed by atoms with Crippen molar-refractivity contribution in [2.45, 2.75) is 45.6 Å². The van der Waals surface area contributed by atoms with Crippen molar-refractivity contribution in [1.82, 2.24) is 4.98 Å². The molecule has 0 aliphatic heterocycles. The van der Waals surface area contributed by atoms with Gasteiger partial charge in [-0.05, 0) is 62.1 Å². The second kappa shape index (κ2) is 9.57. The number of benzene rings is 1. The van der Waals surface area contributed by atoms with E-state index in [1.54, 1.807) is 18.2 Å². The number of allylic oxidation sites excluding steroid dienone is 3. The van der Waals surface area contributed by atoms with Crippen LogP contribution in [0.4, 0.5) is 0 Å². The number of fused-ring (bicyclic) bond motifs is 4. The van der Waals surface area contributed by atoms with Crippen LogP contribution in [0, 0.1) is 5.92 Å². The van der Waals surface area contributed by atoms with Crippen LogP contribution in [0.1, 0.15) is 60.8 Å². The molecule has 33 heavy (non-hydrogen) atoms. The monoisotopic (exact) mass is 442 g/mol. The molecule has 2 unspecified atom stereocenters. The van der Waals surface area contributed by atoms with Gasteiger partial charge in [0.2, 0.25) is 5.56 Å². The van der Waals surface area contributed by atoms with Crippen LogP contribution in [0.3, 0.4) is 0 Å². The minimum atomic E-state index is -0.493. The number of hydrogen-bond acceptors (Lipinski definition) is 4. The summed E-state index contributed by atoms with van der Waals surface area (Å²) in [5.41, 5.74) is 5.62. The van der Waals surface area contributed by atoms with Gasteiger partial charge < -0.3 is 9.72 Å². The predicted octanol–water partition coefficient (Wildman–Crippen LogP) is 5.39. The molecule has 0 spiro atoms. The van der Waals surface area contributed by atoms with E-state index in [-0.39, 0.29) is 17.4 Å². The first-order valence-corrected chi connectivity index (χ1v) is 11.5. The summed E-state index contributed by atoms with van der Waals surface area (Å²) in [6.07, 6.45) is 12.6. The summed E-state index contributed by atoms with van der Waals surface area (Å²) in [6.45, 7) is 6.63. The molecule has 4 rings (SSSR count). The Kier molecular flexibility index (Phi) is 6.59. The number of nitrogens with one attached hydrogen (secondary N) is 1. The standard InChI is InChI=1S/C28H30N2O3/c1-4-15-33-27(32)21-10-8-20(9-11-21)7-6-14-29-28-18-19(3)16-22(23(28)5-2)17-25-24(28)12-13-26(31)30-25/h5-14,16,22H,4,15,17-18H2,1-3H3,(H,30,31)/b7-6+,23-5+,29-14+. The Hall–Kier alpha value is -3.47. The lowest BCUT2D eigenvalue weighted by atomic mass is 9.63. The van der Waals surface area contributed by atoms with E-state index >= 15 is 0 Å². The molecule has 2 aromatic rings. The van der Waals surface area contributed by atoms with E-state index in [1.165, 1.54) is 11.1 Å². The number of aromatic nitrogens is 1. The summed E-state index contributed by atoms with van der Waals surface area (Å²) < 4.78 is 5.18. The van der Waals surface area contributed by atoms with E-state index < -0.39 is 5.54 Å². The fourth-order valence-electron chi connectivity index (χ4n) is 4.99. The molecule has 2 aliphatic rings. The lowest BCUT2D eigenvalue weighted by Crippen LogP contribution is -2.40. The second-order valence-electron chi connectivity index (χ2n) is 8.71. The maximum absolute atomic E-state index is 12.0. The van der Waals surface area contributed by atoms with Crippen LogP contribution in [0.5, 0.6) is 0 Å². The highest BCUT2D eigenvalue weighted by Gasteiger charge is 2.46. The Morgan fingerprint density at radius 1 is 1.24 bits per heavy atom. The quantitative estimate of drug-likeness (QED) is 0.370. The molecule has 1 N–H and O–H groups in total. The molecular weight excluding hydrogens is 412 g/mol. The highest BCUT2D eigenvalue weighted by Crippen LogP contribution is 2.51. The van der Waals surface area contributed by atoms with Crippen molar-refractivity contribution >= 4 is 18.3 Å². The molecule has 2 atom stereocenters. The van der Waals surface area contributed by atoms with Gasteiger partial charge in [-0.1, -0.05) is 42.9 Å². The number of rotatable bonds is 6. The first-order valence-electron chi connectivity index (χ1n) is 11.5. The zero-order chi connectivity index (χ0) is 23.4. The van der Waals surface area contributed by atoms with Gasteiger partial charge in [0.25, 0.3) is 0 Å². The SMILES string of the molecule is C/C=C1\C2C=C(C)CC1(/N=C/C=C/c1ccc(C(=O)OCCC)cc1)c1ccc(=O)[nH]c1C2. The number of hydrogen-bond donors (Lipinski definition) is 1. The van der Waals surface area contributed by atoms with E-state index in [4.69, 9.17) is 9.73 Å². The molecule has 0 fully saturated rings. The number of nitrogens with zero attached hydrogens (tertiary/aromatic N) is 1. The molecule has 0 saturated heterocycles. The minimum absolute atomic E-state index is 0.0718. The van der Waals surface area contributed by atoms with E-state index in [2.05, 4.69) is 31.0 Å². The lowest BCUT2D eigenvalue weighted by Gasteiger charge is -2.45. The normalized spacial score (nSPS) is 23.1. The molecule has 170 valence electrons. The Morgan fingerprint density at radius 2 is 2.03 bits per heavy atom. The second-order valence-corrected chi connectivity index (χ2v) is 8.71. The number of carbonyl (C=O) groups excluding carboxylic acids is 1. The molecule has 5 heteroatoms. The van der Waals surface area contributed by atoms with Gasteiger partial charge in [-0.25, -0.2) is 4.79 Å². The number of esters is 1. The number of ether oxygens (including phenoxy) is 1. The van der Waals surface area contributed by atoms with E-state index in [1.807, 2.05) is 43.5 Å². The number of H-pyrrole nitrogens is 1. The van der Waals surface area contributed by atoms with Crippen molar-refractivity contribution in [2.75, 3.05) is 6.61 Å². The van der Waals surface area contributed by atoms with Gasteiger partial charge in [0, 0.05) is 35.9 Å². The highest BCUT2D eigenvalue weighted by molar-refractivity contribution is 5.89. The van der Waals surface area contributed by atoms with Gasteiger partial charge in [-0.2, -0.15) is 0 Å². The molecule has 1 heterocycles. The number of aliphatic imine (C=N–C) groups is 1. The van der Waals surface area contributed by atoms with E-state index in [9.17, 15) is 9.59 Å². The van der Waals surface area contributed by atoms with E-state index in [0.29, 0.717) is 12.2 Å². The summed E-state index contributed by atoms with van der Waals surface area (Å²) in [5.74, 6) is -0.0494. The third-order valence-corrected chi connectivity index (χ3v) is 6.33. The van der Waals surface area contributed by atoms with Crippen LogP contribution in [-0.2, 0) is 16.7 Å². The van der Waals surface area contributed by atoms with Gasteiger partial charge in [-0.15, -0.1) is 0 Å². The summed E-state index contributed by atoms with van der Waals surface area (Å²) in [7, 11) is 0. The topological polar surface area (TPSA) is 71.5 Å². The van der Waals surface area contributed by atoms with Gasteiger partial charge in [-0.3, -0.25) is 9.79 Å². The fourth-order valence-corrected chi connectivity index (χ4v) is 4.99. The van der Waals surface area contributed by atoms with Crippen LogP contribution in [0.15, 0.2) is 75.6 Å². The molecule has 0 saturated carbocycles. The van der Waals surface area contributed by atoms with Gasteiger partial charge in [0.05, 0.1) is 12.2 Å². The average Bonchev–Trinajstić information content (AvgIpc) is 2.80. The smallest absolute Gasteiger partial charge is 0.338 e. The summed E-state index contributed by atoms with van der Waals surface area (Å²) in [6, 6.07) is 10.9. The van der Waals surface area contributed by atoms with Gasteiger partial charge in [0.15, 0.2) is 0 Å². The van der Waals surface area contributed by atoms with Crippen LogP contribution >= 0.6 is 0 Å². The van der Waals surface area contributed by atoms with E-state index in [0.717, 1.165) is 36.1 Å². The van der Waals surface area contributed by atoms with Crippen molar-refractivity contribution in [3.8, 4) is 0 Å². The maximum Gasteiger partial charge on any atom is 0.338 e. The zero-order valence-electron chi connectivity index (χ0n) is 19.4. The summed E-state index contributed by atoms with van der Waals surface area (Å²) >= 11 is 0. The Balaban J connectivity index is 1.60. The van der Waals surface area contributed by atoms with Gasteiger partial charge >= 0.3 is 5.97 Å². The van der Waals surface area contributed by atoms with Crippen molar-refractivity contribution in [3.05, 3.63) is 98.5 Å². The molecular formula is C28H30N2O3. The molecule has 5 nitrogen and oxygen atoms in total. The minimum Gasteiger partial charge on any atom is -0.462 e. The fraction of sp³-hybridized carbons (Fsp3) is 0.321. The lowest BCUT2D eigenvalue weighted by molar-refractivity contribution is 0.0505. The van der Waals surface area contributed by atoms with Crippen molar-refractivity contribution in [3.63, 3.8) is 0 Å². The largest absolute Gasteiger partial charge is 0.462 e.